The fourth-order valence-electron chi connectivity index (χ4n) is 3.92. The Balaban J connectivity index is 1.55. The number of carbonyl (C=O) groups excluding carboxylic acids is 2. The Labute approximate surface area is 158 Å². The molecule has 1 aromatic carbocycles. The summed E-state index contributed by atoms with van der Waals surface area (Å²) in [6.45, 7) is 2.71. The van der Waals surface area contributed by atoms with Crippen LogP contribution >= 0.6 is 11.6 Å². The van der Waals surface area contributed by atoms with Crippen molar-refractivity contribution in [2.24, 2.45) is 11.1 Å². The lowest BCUT2D eigenvalue weighted by molar-refractivity contribution is -0.135. The van der Waals surface area contributed by atoms with Crippen molar-refractivity contribution in [3.8, 4) is 0 Å². The number of nitrogens with zero attached hydrogens (tertiary/aromatic N) is 2. The van der Waals surface area contributed by atoms with E-state index < -0.39 is 6.10 Å². The lowest BCUT2D eigenvalue weighted by Crippen LogP contribution is -2.45. The second-order valence-electron chi connectivity index (χ2n) is 7.53. The van der Waals surface area contributed by atoms with Gasteiger partial charge in [-0.2, -0.15) is 0 Å². The fraction of sp³-hybridized carbons (Fsp3) is 0.579. The summed E-state index contributed by atoms with van der Waals surface area (Å²) in [6.07, 6.45) is 1.49. The topological polar surface area (TPSA) is 86.9 Å². The minimum Gasteiger partial charge on any atom is -0.391 e. The van der Waals surface area contributed by atoms with Crippen LogP contribution in [-0.2, 0) is 16.1 Å². The molecule has 2 amide bonds. The van der Waals surface area contributed by atoms with Crippen molar-refractivity contribution >= 4 is 23.4 Å². The first-order chi connectivity index (χ1) is 12.4. The number of hydrogen-bond acceptors (Lipinski definition) is 4. The SMILES string of the molecule is NC[C@H](O)CC(=O)N1CCC2(CC1)CC(=O)N(Cc1ccc(Cl)cc1)C2. The van der Waals surface area contributed by atoms with E-state index in [1.165, 1.54) is 0 Å². The standard InChI is InChI=1S/C19H26ClN3O3/c20-15-3-1-14(2-4-15)12-23-13-19(10-18(23)26)5-7-22(8-6-19)17(25)9-16(24)11-21/h1-4,16,24H,5-13,21H2/t16-/m1/s1. The molecule has 2 saturated heterocycles. The number of nitrogens with two attached hydrogens (primary N) is 1. The van der Waals surface area contributed by atoms with Gasteiger partial charge in [-0.15, -0.1) is 0 Å². The molecule has 2 heterocycles. The van der Waals surface area contributed by atoms with Crippen molar-refractivity contribution in [2.75, 3.05) is 26.2 Å². The van der Waals surface area contributed by atoms with Crippen LogP contribution in [0, 0.1) is 5.41 Å². The number of carbonyl (C=O) groups is 2. The molecule has 3 N–H and O–H groups in total. The van der Waals surface area contributed by atoms with Crippen molar-refractivity contribution in [1.29, 1.82) is 0 Å². The van der Waals surface area contributed by atoms with Gasteiger partial charge in [0.05, 0.1) is 12.5 Å². The zero-order valence-electron chi connectivity index (χ0n) is 14.9. The first-order valence-corrected chi connectivity index (χ1v) is 9.47. The minimum atomic E-state index is -0.777. The normalized spacial score (nSPS) is 20.7. The summed E-state index contributed by atoms with van der Waals surface area (Å²) < 4.78 is 0. The van der Waals surface area contributed by atoms with E-state index in [0.29, 0.717) is 31.1 Å². The van der Waals surface area contributed by atoms with Crippen LogP contribution in [0.5, 0.6) is 0 Å². The number of piperidine rings is 1. The van der Waals surface area contributed by atoms with Crippen molar-refractivity contribution < 1.29 is 14.7 Å². The Kier molecular flexibility index (Phi) is 5.85. The summed E-state index contributed by atoms with van der Waals surface area (Å²) >= 11 is 5.92. The Morgan fingerprint density at radius 3 is 2.54 bits per heavy atom. The first-order valence-electron chi connectivity index (χ1n) is 9.09. The summed E-state index contributed by atoms with van der Waals surface area (Å²) in [5, 5.41) is 10.2. The highest BCUT2D eigenvalue weighted by Crippen LogP contribution is 2.41. The molecule has 0 unspecified atom stereocenters. The molecule has 2 aliphatic heterocycles. The molecule has 0 aliphatic carbocycles. The van der Waals surface area contributed by atoms with Gasteiger partial charge in [-0.25, -0.2) is 0 Å². The van der Waals surface area contributed by atoms with Gasteiger partial charge in [0.25, 0.3) is 0 Å². The van der Waals surface area contributed by atoms with Gasteiger partial charge in [0.2, 0.25) is 11.8 Å². The monoisotopic (exact) mass is 379 g/mol. The van der Waals surface area contributed by atoms with E-state index in [0.717, 1.165) is 24.9 Å². The molecule has 3 rings (SSSR count). The van der Waals surface area contributed by atoms with Crippen LogP contribution in [-0.4, -0.2) is 59.0 Å². The van der Waals surface area contributed by atoms with E-state index in [-0.39, 0.29) is 30.2 Å². The van der Waals surface area contributed by atoms with Gasteiger partial charge in [-0.05, 0) is 30.5 Å². The second-order valence-corrected chi connectivity index (χ2v) is 7.96. The second kappa shape index (κ2) is 7.94. The molecule has 142 valence electrons. The Morgan fingerprint density at radius 2 is 1.92 bits per heavy atom. The number of benzene rings is 1. The van der Waals surface area contributed by atoms with E-state index >= 15 is 0 Å². The van der Waals surface area contributed by atoms with Crippen LogP contribution in [0.2, 0.25) is 5.02 Å². The number of aliphatic hydroxyl groups excluding tert-OH is 1. The van der Waals surface area contributed by atoms with Crippen LogP contribution in [0.4, 0.5) is 0 Å². The zero-order valence-corrected chi connectivity index (χ0v) is 15.6. The summed E-state index contributed by atoms with van der Waals surface area (Å²) in [6, 6.07) is 7.58. The minimum absolute atomic E-state index is 0.0349. The van der Waals surface area contributed by atoms with Crippen molar-refractivity contribution in [1.82, 2.24) is 9.80 Å². The third-order valence-corrected chi connectivity index (χ3v) is 5.80. The highest BCUT2D eigenvalue weighted by Gasteiger charge is 2.45. The average molecular weight is 380 g/mol. The highest BCUT2D eigenvalue weighted by molar-refractivity contribution is 6.30. The zero-order chi connectivity index (χ0) is 18.7. The predicted octanol–water partition coefficient (Wildman–Crippen LogP) is 1.39. The van der Waals surface area contributed by atoms with Gasteiger partial charge >= 0.3 is 0 Å². The molecule has 2 fully saturated rings. The van der Waals surface area contributed by atoms with Gasteiger partial charge in [-0.1, -0.05) is 23.7 Å². The van der Waals surface area contributed by atoms with E-state index in [1.807, 2.05) is 29.2 Å². The molecule has 0 bridgehead atoms. The molecular formula is C19H26ClN3O3. The first kappa shape index (κ1) is 19.1. The molecule has 0 aromatic heterocycles. The maximum Gasteiger partial charge on any atom is 0.225 e. The summed E-state index contributed by atoms with van der Waals surface area (Å²) in [4.78, 5) is 28.4. The molecular weight excluding hydrogens is 354 g/mol. The van der Waals surface area contributed by atoms with E-state index in [1.54, 1.807) is 4.90 Å². The van der Waals surface area contributed by atoms with Gasteiger partial charge in [0.15, 0.2) is 0 Å². The Hall–Kier alpha value is -1.63. The van der Waals surface area contributed by atoms with E-state index in [2.05, 4.69) is 0 Å². The van der Waals surface area contributed by atoms with Crippen LogP contribution in [0.15, 0.2) is 24.3 Å². The van der Waals surface area contributed by atoms with Crippen LogP contribution in [0.25, 0.3) is 0 Å². The van der Waals surface area contributed by atoms with Gasteiger partial charge in [-0.3, -0.25) is 9.59 Å². The molecule has 2 aliphatic rings. The largest absolute Gasteiger partial charge is 0.391 e. The molecule has 1 aromatic rings. The molecule has 1 spiro atoms. The lowest BCUT2D eigenvalue weighted by atomic mass is 9.77. The Bertz CT molecular complexity index is 656. The third-order valence-electron chi connectivity index (χ3n) is 5.55. The lowest BCUT2D eigenvalue weighted by Gasteiger charge is -2.39. The van der Waals surface area contributed by atoms with E-state index in [9.17, 15) is 14.7 Å². The Morgan fingerprint density at radius 1 is 1.27 bits per heavy atom. The molecule has 0 saturated carbocycles. The van der Waals surface area contributed by atoms with Crippen molar-refractivity contribution in [2.45, 2.75) is 38.3 Å². The third kappa shape index (κ3) is 4.37. The smallest absolute Gasteiger partial charge is 0.225 e. The molecule has 26 heavy (non-hydrogen) atoms. The summed E-state index contributed by atoms with van der Waals surface area (Å²) in [5.41, 5.74) is 6.41. The number of rotatable bonds is 5. The van der Waals surface area contributed by atoms with Crippen molar-refractivity contribution in [3.63, 3.8) is 0 Å². The summed E-state index contributed by atoms with van der Waals surface area (Å²) in [7, 11) is 0. The van der Waals surface area contributed by atoms with Crippen LogP contribution in [0.3, 0.4) is 0 Å². The van der Waals surface area contributed by atoms with E-state index in [4.69, 9.17) is 17.3 Å². The van der Waals surface area contributed by atoms with Crippen LogP contribution in [0.1, 0.15) is 31.2 Å². The molecule has 0 radical (unpaired) electrons. The van der Waals surface area contributed by atoms with Crippen molar-refractivity contribution in [3.05, 3.63) is 34.9 Å². The number of halogens is 1. The molecule has 1 atom stereocenters. The van der Waals surface area contributed by atoms with Gasteiger partial charge in [0, 0.05) is 49.6 Å². The number of likely N-dealkylation sites (tertiary alicyclic amines) is 2. The van der Waals surface area contributed by atoms with Crippen LogP contribution < -0.4 is 5.73 Å². The van der Waals surface area contributed by atoms with Gasteiger partial charge < -0.3 is 20.6 Å². The maximum atomic E-state index is 12.5. The predicted molar refractivity (Wildman–Crippen MR) is 99.4 cm³/mol. The number of hydrogen-bond donors (Lipinski definition) is 2. The molecule has 7 heteroatoms. The quantitative estimate of drug-likeness (QED) is 0.809. The number of amides is 2. The highest BCUT2D eigenvalue weighted by atomic mass is 35.5. The average Bonchev–Trinajstić information content (AvgIpc) is 2.92. The molecule has 6 nitrogen and oxygen atoms in total. The summed E-state index contributed by atoms with van der Waals surface area (Å²) in [5.74, 6) is 0.124. The fourth-order valence-corrected chi connectivity index (χ4v) is 4.04. The van der Waals surface area contributed by atoms with Gasteiger partial charge in [0.1, 0.15) is 0 Å². The number of aliphatic hydroxyl groups is 1. The maximum absolute atomic E-state index is 12.5.